The molecule has 0 saturated carbocycles. The number of Topliss-reactive ketones (excluding diaryl/α,β-unsaturated/α-hetero) is 1. The number of carboxylic acids is 1. The van der Waals surface area contributed by atoms with Gasteiger partial charge in [-0.1, -0.05) is 6.07 Å². The molecule has 0 aromatic carbocycles. The first-order valence-corrected chi connectivity index (χ1v) is 6.57. The van der Waals surface area contributed by atoms with Gasteiger partial charge in [-0.3, -0.25) is 19.5 Å². The Morgan fingerprint density at radius 1 is 1.42 bits per heavy atom. The van der Waals surface area contributed by atoms with Crippen LogP contribution in [0, 0.1) is 0 Å². The quantitative estimate of drug-likeness (QED) is 0.788. The summed E-state index contributed by atoms with van der Waals surface area (Å²) in [5, 5.41) is 8.84. The van der Waals surface area contributed by atoms with Crippen molar-refractivity contribution >= 4 is 11.8 Å². The van der Waals surface area contributed by atoms with Crippen molar-refractivity contribution in [3.05, 3.63) is 30.1 Å². The summed E-state index contributed by atoms with van der Waals surface area (Å²) in [5.74, 6) is -0.755. The third kappa shape index (κ3) is 3.86. The molecule has 0 radical (unpaired) electrons. The first kappa shape index (κ1) is 13.7. The summed E-state index contributed by atoms with van der Waals surface area (Å²) in [7, 11) is 0. The number of nitrogens with zero attached hydrogens (tertiary/aromatic N) is 2. The van der Waals surface area contributed by atoms with Crippen molar-refractivity contribution in [3.8, 4) is 0 Å². The monoisotopic (exact) mass is 262 g/mol. The summed E-state index contributed by atoms with van der Waals surface area (Å²) in [5.41, 5.74) is 0.483. The summed E-state index contributed by atoms with van der Waals surface area (Å²) in [6.07, 6.45) is 4.08. The lowest BCUT2D eigenvalue weighted by Gasteiger charge is -2.22. The molecule has 1 saturated heterocycles. The summed E-state index contributed by atoms with van der Waals surface area (Å²) in [6, 6.07) is 5.36. The van der Waals surface area contributed by atoms with E-state index >= 15 is 0 Å². The van der Waals surface area contributed by atoms with Crippen molar-refractivity contribution in [2.24, 2.45) is 0 Å². The van der Waals surface area contributed by atoms with Gasteiger partial charge in [-0.15, -0.1) is 0 Å². The first-order valence-electron chi connectivity index (χ1n) is 6.57. The zero-order valence-electron chi connectivity index (χ0n) is 10.8. The maximum absolute atomic E-state index is 11.9. The van der Waals surface area contributed by atoms with Crippen LogP contribution in [0.4, 0.5) is 0 Å². The van der Waals surface area contributed by atoms with Crippen molar-refractivity contribution in [2.45, 2.75) is 31.7 Å². The van der Waals surface area contributed by atoms with Crippen LogP contribution in [0.5, 0.6) is 0 Å². The number of carbonyl (C=O) groups excluding carboxylic acids is 1. The summed E-state index contributed by atoms with van der Waals surface area (Å²) >= 11 is 0. The fraction of sp³-hybridized carbons (Fsp3) is 0.500. The molecule has 1 unspecified atom stereocenters. The Labute approximate surface area is 112 Å². The zero-order valence-corrected chi connectivity index (χ0v) is 10.8. The molecule has 102 valence electrons. The highest BCUT2D eigenvalue weighted by Gasteiger charge is 2.26. The van der Waals surface area contributed by atoms with Crippen LogP contribution in [0.15, 0.2) is 24.4 Å². The lowest BCUT2D eigenvalue weighted by Crippen LogP contribution is -2.33. The van der Waals surface area contributed by atoms with E-state index in [0.29, 0.717) is 18.7 Å². The third-order valence-electron chi connectivity index (χ3n) is 3.49. The second kappa shape index (κ2) is 6.43. The van der Waals surface area contributed by atoms with Gasteiger partial charge in [0.2, 0.25) is 0 Å². The van der Waals surface area contributed by atoms with E-state index in [9.17, 15) is 9.59 Å². The maximum Gasteiger partial charge on any atom is 0.304 e. The van der Waals surface area contributed by atoms with E-state index in [4.69, 9.17) is 5.11 Å². The number of aromatic nitrogens is 1. The molecule has 0 bridgehead atoms. The van der Waals surface area contributed by atoms with Gasteiger partial charge in [0.25, 0.3) is 0 Å². The van der Waals surface area contributed by atoms with Crippen LogP contribution in [-0.4, -0.2) is 45.9 Å². The number of pyridine rings is 1. The van der Waals surface area contributed by atoms with Crippen LogP contribution in [0.1, 0.15) is 36.2 Å². The van der Waals surface area contributed by atoms with Crippen molar-refractivity contribution in [1.29, 1.82) is 0 Å². The highest BCUT2D eigenvalue weighted by atomic mass is 16.4. The Morgan fingerprint density at radius 2 is 2.26 bits per heavy atom. The van der Waals surface area contributed by atoms with Crippen LogP contribution in [0.25, 0.3) is 0 Å². The molecule has 2 heterocycles. The Morgan fingerprint density at radius 3 is 2.95 bits per heavy atom. The van der Waals surface area contributed by atoms with Gasteiger partial charge in [-0.2, -0.15) is 0 Å². The molecule has 5 nitrogen and oxygen atoms in total. The molecule has 5 heteroatoms. The molecule has 0 amide bonds. The topological polar surface area (TPSA) is 70.5 Å². The Bertz CT molecular complexity index is 447. The van der Waals surface area contributed by atoms with Crippen LogP contribution in [0.3, 0.4) is 0 Å². The summed E-state index contributed by atoms with van der Waals surface area (Å²) < 4.78 is 0. The highest BCUT2D eigenvalue weighted by molar-refractivity contribution is 5.94. The van der Waals surface area contributed by atoms with E-state index in [-0.39, 0.29) is 18.2 Å². The minimum Gasteiger partial charge on any atom is -0.481 e. The predicted octanol–water partition coefficient (Wildman–Crippen LogP) is 1.59. The normalized spacial score (nSPS) is 19.5. The number of carboxylic acid groups (broad SMARTS) is 1. The van der Waals surface area contributed by atoms with Crippen LogP contribution >= 0.6 is 0 Å². The van der Waals surface area contributed by atoms with Gasteiger partial charge >= 0.3 is 5.97 Å². The number of hydrogen-bond donors (Lipinski definition) is 1. The number of ketones is 1. The van der Waals surface area contributed by atoms with E-state index in [1.807, 2.05) is 0 Å². The van der Waals surface area contributed by atoms with Gasteiger partial charge in [0.1, 0.15) is 5.69 Å². The van der Waals surface area contributed by atoms with Crippen molar-refractivity contribution in [3.63, 3.8) is 0 Å². The smallest absolute Gasteiger partial charge is 0.304 e. The molecule has 1 aliphatic heterocycles. The molecule has 0 spiro atoms. The summed E-state index contributed by atoms with van der Waals surface area (Å²) in [6.45, 7) is 1.50. The van der Waals surface area contributed by atoms with Crippen LogP contribution in [0.2, 0.25) is 0 Å². The molecule has 2 rings (SSSR count). The van der Waals surface area contributed by atoms with E-state index in [1.165, 1.54) is 0 Å². The SMILES string of the molecule is O=C(O)CC1CCCN1CCC(=O)c1ccccn1. The number of carbonyl (C=O) groups is 2. The second-order valence-electron chi connectivity index (χ2n) is 4.82. The lowest BCUT2D eigenvalue weighted by molar-refractivity contribution is -0.138. The molecule has 1 fully saturated rings. The molecule has 1 atom stereocenters. The van der Waals surface area contributed by atoms with E-state index in [1.54, 1.807) is 24.4 Å². The van der Waals surface area contributed by atoms with E-state index < -0.39 is 5.97 Å². The highest BCUT2D eigenvalue weighted by Crippen LogP contribution is 2.20. The molecule has 1 N–H and O–H groups in total. The van der Waals surface area contributed by atoms with Gasteiger partial charge in [0.05, 0.1) is 6.42 Å². The minimum atomic E-state index is -0.770. The van der Waals surface area contributed by atoms with Gasteiger partial charge in [-0.05, 0) is 31.5 Å². The van der Waals surface area contributed by atoms with Crippen LogP contribution in [-0.2, 0) is 4.79 Å². The predicted molar refractivity (Wildman–Crippen MR) is 70.0 cm³/mol. The van der Waals surface area contributed by atoms with Crippen molar-refractivity contribution < 1.29 is 14.7 Å². The molecule has 19 heavy (non-hydrogen) atoms. The maximum atomic E-state index is 11.9. The average Bonchev–Trinajstić information content (AvgIpc) is 2.83. The standard InChI is InChI=1S/C14H18N2O3/c17-13(12-5-1-2-7-15-12)6-9-16-8-3-4-11(16)10-14(18)19/h1-2,5,7,11H,3-4,6,8-10H2,(H,18,19). The Balaban J connectivity index is 1.85. The zero-order chi connectivity index (χ0) is 13.7. The number of rotatable bonds is 6. The van der Waals surface area contributed by atoms with Gasteiger partial charge in [-0.25, -0.2) is 0 Å². The third-order valence-corrected chi connectivity index (χ3v) is 3.49. The number of likely N-dealkylation sites (tertiary alicyclic amines) is 1. The fourth-order valence-electron chi connectivity index (χ4n) is 2.52. The summed E-state index contributed by atoms with van der Waals surface area (Å²) in [4.78, 5) is 28.8. The number of aliphatic carboxylic acids is 1. The molecule has 1 aromatic heterocycles. The first-order chi connectivity index (χ1) is 9.16. The van der Waals surface area contributed by atoms with Crippen LogP contribution < -0.4 is 0 Å². The lowest BCUT2D eigenvalue weighted by atomic mass is 10.1. The number of hydrogen-bond acceptors (Lipinski definition) is 4. The average molecular weight is 262 g/mol. The Hall–Kier alpha value is -1.75. The largest absolute Gasteiger partial charge is 0.481 e. The van der Waals surface area contributed by atoms with Crippen molar-refractivity contribution in [2.75, 3.05) is 13.1 Å². The van der Waals surface area contributed by atoms with Gasteiger partial charge in [0, 0.05) is 25.2 Å². The van der Waals surface area contributed by atoms with E-state index in [2.05, 4.69) is 9.88 Å². The molecule has 1 aromatic rings. The fourth-order valence-corrected chi connectivity index (χ4v) is 2.52. The van der Waals surface area contributed by atoms with Gasteiger partial charge in [0.15, 0.2) is 5.78 Å². The van der Waals surface area contributed by atoms with Crippen molar-refractivity contribution in [1.82, 2.24) is 9.88 Å². The molecular weight excluding hydrogens is 244 g/mol. The Kier molecular flexibility index (Phi) is 4.63. The molecular formula is C14H18N2O3. The van der Waals surface area contributed by atoms with E-state index in [0.717, 1.165) is 19.4 Å². The second-order valence-corrected chi connectivity index (χ2v) is 4.82. The molecule has 1 aliphatic rings. The molecule has 0 aliphatic carbocycles. The minimum absolute atomic E-state index is 0.0153. The van der Waals surface area contributed by atoms with Gasteiger partial charge < -0.3 is 5.11 Å².